The summed E-state index contributed by atoms with van der Waals surface area (Å²) in [5, 5.41) is 3.48. The van der Waals surface area contributed by atoms with Crippen LogP contribution in [0.5, 0.6) is 0 Å². The highest BCUT2D eigenvalue weighted by molar-refractivity contribution is 4.89. The summed E-state index contributed by atoms with van der Waals surface area (Å²) in [4.78, 5) is 2.76. The Bertz CT molecular complexity index is 224. The minimum Gasteiger partial charge on any atom is -0.319 e. The van der Waals surface area contributed by atoms with E-state index in [1.54, 1.807) is 0 Å². The fourth-order valence-electron chi connectivity index (χ4n) is 3.65. The van der Waals surface area contributed by atoms with Crippen LogP contribution >= 0.6 is 0 Å². The normalized spacial score (nSPS) is 27.1. The molecule has 20 heavy (non-hydrogen) atoms. The third-order valence-electron chi connectivity index (χ3n) is 5.10. The standard InChI is InChI=1S/C18H38N2/c1-5-7-13-20(14-8-6-2)16-18(15-19-4)11-9-17(3)10-12-18/h17,19H,5-16H2,1-4H3. The molecule has 0 radical (unpaired) electrons. The Balaban J connectivity index is 2.58. The van der Waals surface area contributed by atoms with E-state index in [2.05, 4.69) is 38.0 Å². The fourth-order valence-corrected chi connectivity index (χ4v) is 3.65. The van der Waals surface area contributed by atoms with Crippen molar-refractivity contribution in [1.82, 2.24) is 10.2 Å². The van der Waals surface area contributed by atoms with Crippen LogP contribution in [0.4, 0.5) is 0 Å². The zero-order chi connectivity index (χ0) is 14.8. The molecule has 0 spiro atoms. The molecule has 2 heteroatoms. The van der Waals surface area contributed by atoms with E-state index < -0.39 is 0 Å². The van der Waals surface area contributed by atoms with Crippen molar-refractivity contribution in [2.24, 2.45) is 11.3 Å². The molecule has 1 aliphatic carbocycles. The maximum atomic E-state index is 3.48. The van der Waals surface area contributed by atoms with Crippen LogP contribution in [-0.4, -0.2) is 38.1 Å². The van der Waals surface area contributed by atoms with Gasteiger partial charge in [0.25, 0.3) is 0 Å². The summed E-state index contributed by atoms with van der Waals surface area (Å²) in [5.41, 5.74) is 0.544. The zero-order valence-corrected chi connectivity index (χ0v) is 14.5. The average Bonchev–Trinajstić information content (AvgIpc) is 2.45. The molecule has 0 aromatic rings. The highest BCUT2D eigenvalue weighted by Crippen LogP contribution is 2.39. The van der Waals surface area contributed by atoms with Gasteiger partial charge in [-0.25, -0.2) is 0 Å². The highest BCUT2D eigenvalue weighted by atomic mass is 15.1. The van der Waals surface area contributed by atoms with Crippen LogP contribution in [0.15, 0.2) is 0 Å². The molecule has 1 aliphatic rings. The van der Waals surface area contributed by atoms with E-state index in [1.165, 1.54) is 77.5 Å². The smallest absolute Gasteiger partial charge is 0.00501 e. The molecule has 0 saturated heterocycles. The van der Waals surface area contributed by atoms with E-state index in [0.29, 0.717) is 5.41 Å². The third kappa shape index (κ3) is 6.13. The number of hydrogen-bond acceptors (Lipinski definition) is 2. The molecule has 0 heterocycles. The van der Waals surface area contributed by atoms with Gasteiger partial charge in [0, 0.05) is 13.1 Å². The Kier molecular flexibility index (Phi) is 8.79. The van der Waals surface area contributed by atoms with Gasteiger partial charge in [0.05, 0.1) is 0 Å². The molecule has 0 bridgehead atoms. The number of unbranched alkanes of at least 4 members (excludes halogenated alkanes) is 2. The molecule has 1 rings (SSSR count). The highest BCUT2D eigenvalue weighted by Gasteiger charge is 2.34. The molecular formula is C18H38N2. The summed E-state index contributed by atoms with van der Waals surface area (Å²) in [7, 11) is 2.13. The van der Waals surface area contributed by atoms with Gasteiger partial charge in [-0.05, 0) is 57.2 Å². The van der Waals surface area contributed by atoms with Crippen molar-refractivity contribution in [2.45, 2.75) is 72.1 Å². The second-order valence-electron chi connectivity index (χ2n) is 7.20. The van der Waals surface area contributed by atoms with Crippen LogP contribution in [0, 0.1) is 11.3 Å². The lowest BCUT2D eigenvalue weighted by Crippen LogP contribution is -2.46. The number of rotatable bonds is 10. The average molecular weight is 283 g/mol. The molecule has 0 amide bonds. The van der Waals surface area contributed by atoms with Gasteiger partial charge in [-0.1, -0.05) is 46.5 Å². The second kappa shape index (κ2) is 9.78. The summed E-state index contributed by atoms with van der Waals surface area (Å²) in [5.74, 6) is 0.944. The third-order valence-corrected chi connectivity index (χ3v) is 5.10. The van der Waals surface area contributed by atoms with Crippen molar-refractivity contribution >= 4 is 0 Å². The summed E-state index contributed by atoms with van der Waals surface area (Å²) in [6.07, 6.45) is 11.0. The predicted molar refractivity (Wildman–Crippen MR) is 90.2 cm³/mol. The summed E-state index contributed by atoms with van der Waals surface area (Å²) >= 11 is 0. The van der Waals surface area contributed by atoms with Gasteiger partial charge in [0.15, 0.2) is 0 Å². The minimum absolute atomic E-state index is 0.544. The van der Waals surface area contributed by atoms with Gasteiger partial charge in [0.1, 0.15) is 0 Å². The Labute approximate surface area is 127 Å². The quantitative estimate of drug-likeness (QED) is 0.642. The number of hydrogen-bond donors (Lipinski definition) is 1. The lowest BCUT2D eigenvalue weighted by Gasteiger charge is -2.43. The number of nitrogens with one attached hydrogen (secondary N) is 1. The molecule has 2 nitrogen and oxygen atoms in total. The van der Waals surface area contributed by atoms with Gasteiger partial charge >= 0.3 is 0 Å². The largest absolute Gasteiger partial charge is 0.319 e. The SMILES string of the molecule is CCCCN(CCCC)CC1(CNC)CCC(C)CC1. The summed E-state index contributed by atoms with van der Waals surface area (Å²) < 4.78 is 0. The molecule has 0 aliphatic heterocycles. The van der Waals surface area contributed by atoms with E-state index in [1.807, 2.05) is 0 Å². The van der Waals surface area contributed by atoms with Gasteiger partial charge in [0.2, 0.25) is 0 Å². The maximum Gasteiger partial charge on any atom is 0.00501 e. The van der Waals surface area contributed by atoms with Gasteiger partial charge in [-0.15, -0.1) is 0 Å². The van der Waals surface area contributed by atoms with Gasteiger partial charge < -0.3 is 10.2 Å². The molecule has 1 N–H and O–H groups in total. The van der Waals surface area contributed by atoms with Crippen LogP contribution in [-0.2, 0) is 0 Å². The van der Waals surface area contributed by atoms with E-state index in [4.69, 9.17) is 0 Å². The van der Waals surface area contributed by atoms with Crippen LogP contribution in [0.2, 0.25) is 0 Å². The summed E-state index contributed by atoms with van der Waals surface area (Å²) in [6.45, 7) is 12.2. The maximum absolute atomic E-state index is 3.48. The monoisotopic (exact) mass is 282 g/mol. The minimum atomic E-state index is 0.544. The zero-order valence-electron chi connectivity index (χ0n) is 14.5. The molecule has 0 aromatic carbocycles. The predicted octanol–water partition coefficient (Wildman–Crippen LogP) is 4.30. The Morgan fingerprint density at radius 3 is 2.05 bits per heavy atom. The second-order valence-corrected chi connectivity index (χ2v) is 7.20. The molecule has 1 fully saturated rings. The van der Waals surface area contributed by atoms with Crippen molar-refractivity contribution in [1.29, 1.82) is 0 Å². The van der Waals surface area contributed by atoms with Gasteiger partial charge in [-0.2, -0.15) is 0 Å². The van der Waals surface area contributed by atoms with E-state index in [-0.39, 0.29) is 0 Å². The first-order valence-corrected chi connectivity index (χ1v) is 9.02. The van der Waals surface area contributed by atoms with Crippen molar-refractivity contribution in [3.8, 4) is 0 Å². The van der Waals surface area contributed by atoms with Crippen LogP contribution < -0.4 is 5.32 Å². The summed E-state index contributed by atoms with van der Waals surface area (Å²) in [6, 6.07) is 0. The van der Waals surface area contributed by atoms with Crippen molar-refractivity contribution in [2.75, 3.05) is 33.2 Å². The molecule has 120 valence electrons. The first-order chi connectivity index (χ1) is 9.65. The topological polar surface area (TPSA) is 15.3 Å². The lowest BCUT2D eigenvalue weighted by atomic mass is 9.70. The first kappa shape index (κ1) is 18.0. The molecule has 1 saturated carbocycles. The molecule has 0 aromatic heterocycles. The van der Waals surface area contributed by atoms with Crippen molar-refractivity contribution in [3.05, 3.63) is 0 Å². The van der Waals surface area contributed by atoms with Crippen molar-refractivity contribution in [3.63, 3.8) is 0 Å². The Hall–Kier alpha value is -0.0800. The number of nitrogens with zero attached hydrogens (tertiary/aromatic N) is 1. The fraction of sp³-hybridized carbons (Fsp3) is 1.00. The van der Waals surface area contributed by atoms with Crippen molar-refractivity contribution < 1.29 is 0 Å². The van der Waals surface area contributed by atoms with Crippen LogP contribution in [0.1, 0.15) is 72.1 Å². The lowest BCUT2D eigenvalue weighted by molar-refractivity contribution is 0.0863. The van der Waals surface area contributed by atoms with E-state index >= 15 is 0 Å². The molecular weight excluding hydrogens is 244 g/mol. The van der Waals surface area contributed by atoms with Crippen LogP contribution in [0.3, 0.4) is 0 Å². The molecule has 0 unspecified atom stereocenters. The van der Waals surface area contributed by atoms with Crippen LogP contribution in [0.25, 0.3) is 0 Å². The Morgan fingerprint density at radius 1 is 1.05 bits per heavy atom. The van der Waals surface area contributed by atoms with E-state index in [9.17, 15) is 0 Å². The van der Waals surface area contributed by atoms with Gasteiger partial charge in [-0.3, -0.25) is 0 Å². The van der Waals surface area contributed by atoms with E-state index in [0.717, 1.165) is 5.92 Å². The molecule has 0 atom stereocenters. The Morgan fingerprint density at radius 2 is 1.60 bits per heavy atom. The first-order valence-electron chi connectivity index (χ1n) is 9.02.